The minimum atomic E-state index is -0.415. The molecule has 2 aliphatic rings. The van der Waals surface area contributed by atoms with Gasteiger partial charge in [0.15, 0.2) is 0 Å². The molecule has 2 aliphatic heterocycles. The fraction of sp³-hybridized carbons (Fsp3) is 0.400. The first kappa shape index (κ1) is 14.9. The molecule has 3 amide bonds. The summed E-state index contributed by atoms with van der Waals surface area (Å²) in [4.78, 5) is 39.5. The summed E-state index contributed by atoms with van der Waals surface area (Å²) >= 11 is 0.855. The lowest BCUT2D eigenvalue weighted by Gasteiger charge is -2.27. The van der Waals surface area contributed by atoms with E-state index in [0.29, 0.717) is 23.6 Å². The molecule has 22 heavy (non-hydrogen) atoms. The quantitative estimate of drug-likeness (QED) is 0.799. The van der Waals surface area contributed by atoms with Crippen molar-refractivity contribution in [2.24, 2.45) is 0 Å². The van der Waals surface area contributed by atoms with Crippen molar-refractivity contribution < 1.29 is 18.8 Å². The van der Waals surface area contributed by atoms with Gasteiger partial charge in [0.25, 0.3) is 11.1 Å². The van der Waals surface area contributed by atoms with E-state index >= 15 is 0 Å². The SMILES string of the molecule is O=C(CN1C(=O)S/C(=C\c2ccoc2)C1=O)N1CCCCC1. The van der Waals surface area contributed by atoms with Gasteiger partial charge < -0.3 is 9.32 Å². The van der Waals surface area contributed by atoms with E-state index in [0.717, 1.165) is 35.9 Å². The summed E-state index contributed by atoms with van der Waals surface area (Å²) in [5, 5.41) is -0.398. The highest BCUT2D eigenvalue weighted by Crippen LogP contribution is 2.32. The first-order valence-electron chi connectivity index (χ1n) is 7.20. The molecule has 0 saturated carbocycles. The van der Waals surface area contributed by atoms with Gasteiger partial charge in [0.2, 0.25) is 5.91 Å². The fourth-order valence-electron chi connectivity index (χ4n) is 2.52. The van der Waals surface area contributed by atoms with Crippen LogP contribution in [0.5, 0.6) is 0 Å². The Kier molecular flexibility index (Phi) is 4.33. The van der Waals surface area contributed by atoms with Crippen molar-refractivity contribution in [3.05, 3.63) is 29.1 Å². The smallest absolute Gasteiger partial charge is 0.294 e. The Hall–Kier alpha value is -2.02. The van der Waals surface area contributed by atoms with Gasteiger partial charge in [0.05, 0.1) is 17.4 Å². The number of rotatable bonds is 3. The zero-order chi connectivity index (χ0) is 15.5. The normalized spacial score (nSPS) is 21.0. The lowest BCUT2D eigenvalue weighted by molar-refractivity contribution is -0.136. The van der Waals surface area contributed by atoms with E-state index in [2.05, 4.69) is 0 Å². The molecule has 1 aromatic rings. The molecule has 2 fully saturated rings. The largest absolute Gasteiger partial charge is 0.472 e. The molecule has 116 valence electrons. The Labute approximate surface area is 132 Å². The third-order valence-corrected chi connectivity index (χ3v) is 4.62. The Bertz CT molecular complexity index is 617. The summed E-state index contributed by atoms with van der Waals surface area (Å²) in [7, 11) is 0. The van der Waals surface area contributed by atoms with Gasteiger partial charge in [-0.2, -0.15) is 0 Å². The van der Waals surface area contributed by atoms with Crippen molar-refractivity contribution in [3.63, 3.8) is 0 Å². The third kappa shape index (κ3) is 3.09. The molecule has 0 aromatic carbocycles. The summed E-state index contributed by atoms with van der Waals surface area (Å²) in [5.41, 5.74) is 0.716. The highest BCUT2D eigenvalue weighted by Gasteiger charge is 2.37. The summed E-state index contributed by atoms with van der Waals surface area (Å²) in [6.45, 7) is 1.24. The number of hydrogen-bond donors (Lipinski definition) is 0. The second-order valence-corrected chi connectivity index (χ2v) is 6.26. The van der Waals surface area contributed by atoms with Crippen LogP contribution in [0.25, 0.3) is 6.08 Å². The van der Waals surface area contributed by atoms with Gasteiger partial charge in [-0.1, -0.05) is 0 Å². The molecule has 3 rings (SSSR count). The number of thioether (sulfide) groups is 1. The maximum absolute atomic E-state index is 12.3. The molecule has 0 atom stereocenters. The Morgan fingerprint density at radius 2 is 2.05 bits per heavy atom. The van der Waals surface area contributed by atoms with Crippen LogP contribution in [0.1, 0.15) is 24.8 Å². The number of hydrogen-bond acceptors (Lipinski definition) is 5. The molecule has 0 N–H and O–H groups in total. The zero-order valence-electron chi connectivity index (χ0n) is 12.0. The number of carbonyl (C=O) groups excluding carboxylic acids is 3. The first-order chi connectivity index (χ1) is 10.6. The summed E-state index contributed by atoms with van der Waals surface area (Å²) in [6.07, 6.45) is 7.67. The molecule has 3 heterocycles. The summed E-state index contributed by atoms with van der Waals surface area (Å²) in [6, 6.07) is 1.70. The van der Waals surface area contributed by atoms with Crippen molar-refractivity contribution in [3.8, 4) is 0 Å². The zero-order valence-corrected chi connectivity index (χ0v) is 12.8. The van der Waals surface area contributed by atoms with E-state index in [1.165, 1.54) is 12.5 Å². The maximum Gasteiger partial charge on any atom is 0.294 e. The maximum atomic E-state index is 12.3. The van der Waals surface area contributed by atoms with Crippen LogP contribution in [0, 0.1) is 0 Å². The van der Waals surface area contributed by atoms with Crippen LogP contribution in [0.3, 0.4) is 0 Å². The van der Waals surface area contributed by atoms with Gasteiger partial charge in [0.1, 0.15) is 6.54 Å². The number of nitrogens with zero attached hydrogens (tertiary/aromatic N) is 2. The lowest BCUT2D eigenvalue weighted by Crippen LogP contribution is -2.44. The second kappa shape index (κ2) is 6.39. The molecule has 7 heteroatoms. The van der Waals surface area contributed by atoms with Crippen molar-refractivity contribution >= 4 is 34.9 Å². The molecule has 0 unspecified atom stereocenters. The number of likely N-dealkylation sites (tertiary alicyclic amines) is 1. The molecule has 0 radical (unpaired) electrons. The molecular weight excluding hydrogens is 304 g/mol. The van der Waals surface area contributed by atoms with E-state index in [1.54, 1.807) is 17.0 Å². The van der Waals surface area contributed by atoms with E-state index in [9.17, 15) is 14.4 Å². The minimum absolute atomic E-state index is 0.161. The van der Waals surface area contributed by atoms with E-state index in [4.69, 9.17) is 4.42 Å². The van der Waals surface area contributed by atoms with Crippen LogP contribution < -0.4 is 0 Å². The number of amides is 3. The van der Waals surface area contributed by atoms with Crippen LogP contribution in [0.15, 0.2) is 27.9 Å². The molecule has 1 aromatic heterocycles. The Balaban J connectivity index is 1.68. The molecular formula is C15H16N2O4S. The van der Waals surface area contributed by atoms with Crippen molar-refractivity contribution in [2.45, 2.75) is 19.3 Å². The average molecular weight is 320 g/mol. The van der Waals surface area contributed by atoms with Crippen LogP contribution >= 0.6 is 11.8 Å². The van der Waals surface area contributed by atoms with E-state index in [1.807, 2.05) is 0 Å². The number of piperidine rings is 1. The fourth-order valence-corrected chi connectivity index (χ4v) is 3.36. The highest BCUT2D eigenvalue weighted by atomic mass is 32.2. The monoisotopic (exact) mass is 320 g/mol. The van der Waals surface area contributed by atoms with Crippen LogP contribution in [-0.4, -0.2) is 46.5 Å². The second-order valence-electron chi connectivity index (χ2n) is 5.27. The Morgan fingerprint density at radius 1 is 1.27 bits per heavy atom. The van der Waals surface area contributed by atoms with Gasteiger partial charge in [-0.05, 0) is 43.2 Å². The topological polar surface area (TPSA) is 70.8 Å². The van der Waals surface area contributed by atoms with Crippen LogP contribution in [-0.2, 0) is 9.59 Å². The van der Waals surface area contributed by atoms with Crippen molar-refractivity contribution in [1.29, 1.82) is 0 Å². The van der Waals surface area contributed by atoms with Gasteiger partial charge in [-0.25, -0.2) is 0 Å². The van der Waals surface area contributed by atoms with Gasteiger partial charge in [-0.3, -0.25) is 19.3 Å². The predicted molar refractivity (Wildman–Crippen MR) is 81.8 cm³/mol. The third-order valence-electron chi connectivity index (χ3n) is 3.72. The molecule has 0 bridgehead atoms. The number of carbonyl (C=O) groups is 3. The van der Waals surface area contributed by atoms with Crippen molar-refractivity contribution in [1.82, 2.24) is 9.80 Å². The average Bonchev–Trinajstić information content (AvgIpc) is 3.12. The number of furan rings is 1. The van der Waals surface area contributed by atoms with Crippen LogP contribution in [0.2, 0.25) is 0 Å². The Morgan fingerprint density at radius 3 is 2.73 bits per heavy atom. The van der Waals surface area contributed by atoms with Gasteiger partial charge in [-0.15, -0.1) is 0 Å². The molecule has 0 spiro atoms. The first-order valence-corrected chi connectivity index (χ1v) is 8.02. The van der Waals surface area contributed by atoms with Gasteiger partial charge >= 0.3 is 0 Å². The number of imide groups is 1. The summed E-state index contributed by atoms with van der Waals surface area (Å²) in [5.74, 6) is -0.576. The van der Waals surface area contributed by atoms with Crippen molar-refractivity contribution in [2.75, 3.05) is 19.6 Å². The summed E-state index contributed by atoms with van der Waals surface area (Å²) < 4.78 is 4.93. The standard InChI is InChI=1S/C15H16N2O4S/c18-13(16-5-2-1-3-6-16)9-17-14(19)12(22-15(17)20)8-11-4-7-21-10-11/h4,7-8,10H,1-3,5-6,9H2/b12-8-. The highest BCUT2D eigenvalue weighted by molar-refractivity contribution is 8.18. The predicted octanol–water partition coefficient (Wildman–Crippen LogP) is 2.33. The van der Waals surface area contributed by atoms with E-state index in [-0.39, 0.29) is 12.5 Å². The molecule has 6 nitrogen and oxygen atoms in total. The van der Waals surface area contributed by atoms with Gasteiger partial charge in [0, 0.05) is 18.7 Å². The molecule has 2 saturated heterocycles. The van der Waals surface area contributed by atoms with E-state index < -0.39 is 11.1 Å². The molecule has 0 aliphatic carbocycles. The minimum Gasteiger partial charge on any atom is -0.472 e. The lowest BCUT2D eigenvalue weighted by atomic mass is 10.1. The van der Waals surface area contributed by atoms with Crippen LogP contribution in [0.4, 0.5) is 4.79 Å².